The third-order valence-electron chi connectivity index (χ3n) is 3.46. The lowest BCUT2D eigenvalue weighted by Crippen LogP contribution is -2.05. The van der Waals surface area contributed by atoms with Crippen LogP contribution in [0.1, 0.15) is 31.0 Å². The Morgan fingerprint density at radius 2 is 1.90 bits per heavy atom. The molecule has 0 radical (unpaired) electrons. The van der Waals surface area contributed by atoms with Crippen LogP contribution >= 0.6 is 15.9 Å². The van der Waals surface area contributed by atoms with Gasteiger partial charge >= 0.3 is 0 Å². The number of pyridine rings is 1. The molecule has 0 bridgehead atoms. The molecule has 3 aromatic rings. The number of aromatic nitrogens is 2. The van der Waals surface area contributed by atoms with Gasteiger partial charge in [-0.05, 0) is 39.5 Å². The van der Waals surface area contributed by atoms with Gasteiger partial charge in [-0.3, -0.25) is 4.40 Å². The van der Waals surface area contributed by atoms with Crippen molar-refractivity contribution >= 4 is 27.4 Å². The molecular formula is C17H18BrN3. The fraction of sp³-hybridized carbons (Fsp3) is 0.235. The number of anilines is 1. The average molecular weight is 344 g/mol. The van der Waals surface area contributed by atoms with Crippen molar-refractivity contribution in [2.45, 2.75) is 26.3 Å². The van der Waals surface area contributed by atoms with Gasteiger partial charge in [0.05, 0.1) is 5.69 Å². The average Bonchev–Trinajstić information content (AvgIpc) is 2.84. The minimum absolute atomic E-state index is 0.377. The predicted molar refractivity (Wildman–Crippen MR) is 90.7 cm³/mol. The number of nitrogens with one attached hydrogen (secondary N) is 1. The van der Waals surface area contributed by atoms with E-state index in [0.717, 1.165) is 28.2 Å². The van der Waals surface area contributed by atoms with Crippen molar-refractivity contribution in [2.24, 2.45) is 0 Å². The first-order valence-corrected chi connectivity index (χ1v) is 7.90. The van der Waals surface area contributed by atoms with Gasteiger partial charge in [-0.2, -0.15) is 0 Å². The van der Waals surface area contributed by atoms with Crippen LogP contribution in [0.15, 0.2) is 53.1 Å². The topological polar surface area (TPSA) is 29.3 Å². The van der Waals surface area contributed by atoms with Gasteiger partial charge in [0.1, 0.15) is 11.5 Å². The highest BCUT2D eigenvalue weighted by Gasteiger charge is 2.15. The Bertz CT molecular complexity index is 747. The summed E-state index contributed by atoms with van der Waals surface area (Å²) in [5.74, 6) is 1.45. The highest BCUT2D eigenvalue weighted by atomic mass is 79.9. The Labute approximate surface area is 133 Å². The van der Waals surface area contributed by atoms with E-state index in [0.29, 0.717) is 5.92 Å². The van der Waals surface area contributed by atoms with Crippen molar-refractivity contribution in [1.29, 1.82) is 0 Å². The van der Waals surface area contributed by atoms with E-state index >= 15 is 0 Å². The van der Waals surface area contributed by atoms with Crippen LogP contribution in [0.2, 0.25) is 0 Å². The minimum atomic E-state index is 0.377. The van der Waals surface area contributed by atoms with Crippen molar-refractivity contribution in [3.8, 4) is 0 Å². The number of nitrogens with zero attached hydrogens (tertiary/aromatic N) is 2. The maximum Gasteiger partial charge on any atom is 0.138 e. The molecule has 0 saturated carbocycles. The Balaban J connectivity index is 1.98. The van der Waals surface area contributed by atoms with Crippen LogP contribution in [-0.2, 0) is 6.54 Å². The minimum Gasteiger partial charge on any atom is -0.366 e. The number of benzene rings is 1. The number of halogens is 1. The van der Waals surface area contributed by atoms with Gasteiger partial charge in [-0.25, -0.2) is 4.98 Å². The number of imidazole rings is 1. The van der Waals surface area contributed by atoms with E-state index in [1.807, 2.05) is 18.2 Å². The van der Waals surface area contributed by atoms with Gasteiger partial charge in [0.2, 0.25) is 0 Å². The van der Waals surface area contributed by atoms with Crippen LogP contribution in [0.25, 0.3) is 5.65 Å². The zero-order valence-electron chi connectivity index (χ0n) is 12.2. The highest BCUT2D eigenvalue weighted by Crippen LogP contribution is 2.27. The molecule has 0 aliphatic carbocycles. The van der Waals surface area contributed by atoms with Crippen LogP contribution in [-0.4, -0.2) is 9.38 Å². The maximum absolute atomic E-state index is 4.75. The fourth-order valence-corrected chi connectivity index (χ4v) is 2.73. The number of hydrogen-bond donors (Lipinski definition) is 1. The molecule has 0 amide bonds. The first-order chi connectivity index (χ1) is 10.1. The van der Waals surface area contributed by atoms with Gasteiger partial charge in [0.25, 0.3) is 0 Å². The van der Waals surface area contributed by atoms with Crippen LogP contribution < -0.4 is 5.32 Å². The van der Waals surface area contributed by atoms with Crippen molar-refractivity contribution < 1.29 is 0 Å². The van der Waals surface area contributed by atoms with E-state index in [2.05, 4.69) is 70.0 Å². The van der Waals surface area contributed by atoms with Crippen molar-refractivity contribution in [3.05, 3.63) is 64.4 Å². The standard InChI is InChI=1S/C17H18BrN3/c1-12(2)16-17(19-10-13-6-4-3-5-7-13)21-11-14(18)8-9-15(21)20-16/h3-9,11-12,19H,10H2,1-2H3. The fourth-order valence-electron chi connectivity index (χ4n) is 2.40. The Morgan fingerprint density at radius 3 is 2.62 bits per heavy atom. The summed E-state index contributed by atoms with van der Waals surface area (Å²) in [6, 6.07) is 14.5. The Morgan fingerprint density at radius 1 is 1.14 bits per heavy atom. The molecule has 1 N–H and O–H groups in total. The molecule has 2 heterocycles. The quantitative estimate of drug-likeness (QED) is 0.734. The molecule has 2 aromatic heterocycles. The molecule has 0 spiro atoms. The molecule has 4 heteroatoms. The van der Waals surface area contributed by atoms with E-state index in [9.17, 15) is 0 Å². The number of fused-ring (bicyclic) bond motifs is 1. The summed E-state index contributed by atoms with van der Waals surface area (Å²) in [4.78, 5) is 4.75. The summed E-state index contributed by atoms with van der Waals surface area (Å²) in [6.07, 6.45) is 2.06. The smallest absolute Gasteiger partial charge is 0.138 e. The SMILES string of the molecule is CC(C)c1nc2ccc(Br)cn2c1NCc1ccccc1. The first-order valence-electron chi connectivity index (χ1n) is 7.10. The lowest BCUT2D eigenvalue weighted by Gasteiger charge is -2.10. The summed E-state index contributed by atoms with van der Waals surface area (Å²) in [5.41, 5.74) is 3.33. The van der Waals surface area contributed by atoms with Crippen molar-refractivity contribution in [3.63, 3.8) is 0 Å². The van der Waals surface area contributed by atoms with E-state index in [1.165, 1.54) is 5.56 Å². The lowest BCUT2D eigenvalue weighted by molar-refractivity contribution is 0.833. The molecule has 3 rings (SSSR count). The van der Waals surface area contributed by atoms with Gasteiger partial charge in [0, 0.05) is 17.2 Å². The molecule has 0 fully saturated rings. The summed E-state index contributed by atoms with van der Waals surface area (Å²) < 4.78 is 3.16. The second kappa shape index (κ2) is 5.90. The van der Waals surface area contributed by atoms with Gasteiger partial charge in [-0.15, -0.1) is 0 Å². The van der Waals surface area contributed by atoms with Gasteiger partial charge in [0.15, 0.2) is 0 Å². The van der Waals surface area contributed by atoms with Crippen molar-refractivity contribution in [1.82, 2.24) is 9.38 Å². The van der Waals surface area contributed by atoms with Gasteiger partial charge < -0.3 is 5.32 Å². The zero-order valence-corrected chi connectivity index (χ0v) is 13.8. The van der Waals surface area contributed by atoms with E-state index in [1.54, 1.807) is 0 Å². The zero-order chi connectivity index (χ0) is 14.8. The number of hydrogen-bond acceptors (Lipinski definition) is 2. The molecule has 0 unspecified atom stereocenters. The molecule has 1 aromatic carbocycles. The van der Waals surface area contributed by atoms with E-state index in [-0.39, 0.29) is 0 Å². The van der Waals surface area contributed by atoms with Gasteiger partial charge in [-0.1, -0.05) is 44.2 Å². The third kappa shape index (κ3) is 2.95. The molecule has 0 saturated heterocycles. The second-order valence-electron chi connectivity index (χ2n) is 5.42. The molecule has 0 aliphatic rings. The Hall–Kier alpha value is -1.81. The summed E-state index contributed by atoms with van der Waals surface area (Å²) in [6.45, 7) is 5.13. The molecule has 108 valence electrons. The summed E-state index contributed by atoms with van der Waals surface area (Å²) >= 11 is 3.53. The van der Waals surface area contributed by atoms with E-state index in [4.69, 9.17) is 4.98 Å². The van der Waals surface area contributed by atoms with Crippen LogP contribution in [0.5, 0.6) is 0 Å². The molecule has 0 atom stereocenters. The molecule has 3 nitrogen and oxygen atoms in total. The summed E-state index contributed by atoms with van der Waals surface area (Å²) in [5, 5.41) is 3.54. The predicted octanol–water partition coefficient (Wildman–Crippen LogP) is 4.83. The monoisotopic (exact) mass is 343 g/mol. The lowest BCUT2D eigenvalue weighted by atomic mass is 10.1. The van der Waals surface area contributed by atoms with E-state index < -0.39 is 0 Å². The molecular weight excluding hydrogens is 326 g/mol. The number of rotatable bonds is 4. The summed E-state index contributed by atoms with van der Waals surface area (Å²) in [7, 11) is 0. The Kier molecular flexibility index (Phi) is 3.97. The second-order valence-corrected chi connectivity index (χ2v) is 6.33. The maximum atomic E-state index is 4.75. The highest BCUT2D eigenvalue weighted by molar-refractivity contribution is 9.10. The largest absolute Gasteiger partial charge is 0.366 e. The van der Waals surface area contributed by atoms with Crippen LogP contribution in [0, 0.1) is 0 Å². The van der Waals surface area contributed by atoms with Crippen LogP contribution in [0.3, 0.4) is 0 Å². The molecule has 0 aliphatic heterocycles. The molecule has 21 heavy (non-hydrogen) atoms. The van der Waals surface area contributed by atoms with Crippen LogP contribution in [0.4, 0.5) is 5.82 Å². The van der Waals surface area contributed by atoms with Crippen molar-refractivity contribution in [2.75, 3.05) is 5.32 Å². The third-order valence-corrected chi connectivity index (χ3v) is 3.93. The first kappa shape index (κ1) is 14.1. The normalized spacial score (nSPS) is 11.2.